The van der Waals surface area contributed by atoms with E-state index in [9.17, 15) is 46.3 Å². The topological polar surface area (TPSA) is 149 Å². The number of nitrogens with zero attached hydrogens (tertiary/aromatic N) is 4. The van der Waals surface area contributed by atoms with Gasteiger partial charge in [0.1, 0.15) is 11.7 Å². The molecule has 4 rings (SSSR count). The highest BCUT2D eigenvalue weighted by molar-refractivity contribution is 7.91. The zero-order valence-electron chi connectivity index (χ0n) is 19.0. The molecule has 2 heterocycles. The maximum Gasteiger partial charge on any atom is 0.433 e. The number of ketones is 1. The Morgan fingerprint density at radius 3 is 2.51 bits per heavy atom. The van der Waals surface area contributed by atoms with Crippen molar-refractivity contribution in [3.63, 3.8) is 0 Å². The molecule has 1 atom stereocenters. The van der Waals surface area contributed by atoms with Gasteiger partial charge in [-0.3, -0.25) is 14.7 Å². The summed E-state index contributed by atoms with van der Waals surface area (Å²) in [5.41, 5.74) is -2.24. The van der Waals surface area contributed by atoms with E-state index in [1.165, 1.54) is 13.0 Å². The molecular formula is C23H17F3N4O6S. The molecule has 2 aliphatic rings. The van der Waals surface area contributed by atoms with Gasteiger partial charge < -0.3 is 5.11 Å². The Bertz CT molecular complexity index is 1530. The number of hydrogen-bond donors (Lipinski definition) is 1. The van der Waals surface area contributed by atoms with Crippen LogP contribution in [0.15, 0.2) is 52.7 Å². The van der Waals surface area contributed by atoms with Crippen molar-refractivity contribution in [2.75, 3.05) is 10.7 Å². The van der Waals surface area contributed by atoms with Crippen LogP contribution in [0, 0.1) is 11.3 Å². The number of carbonyl (C=O) groups excluding carboxylic acids is 2. The summed E-state index contributed by atoms with van der Waals surface area (Å²) in [6.45, 7) is 1.33. The van der Waals surface area contributed by atoms with Crippen molar-refractivity contribution in [2.24, 2.45) is 0 Å². The second kappa shape index (κ2) is 9.00. The normalized spacial score (nSPS) is 18.2. The Balaban J connectivity index is 2.02. The molecule has 14 heteroatoms. The van der Waals surface area contributed by atoms with Gasteiger partial charge in [-0.25, -0.2) is 22.9 Å². The van der Waals surface area contributed by atoms with E-state index in [1.807, 2.05) is 0 Å². The average molecular weight is 534 g/mol. The van der Waals surface area contributed by atoms with Crippen molar-refractivity contribution in [2.45, 2.75) is 36.9 Å². The minimum absolute atomic E-state index is 0.0407. The third kappa shape index (κ3) is 4.31. The third-order valence-electron chi connectivity index (χ3n) is 6.05. The summed E-state index contributed by atoms with van der Waals surface area (Å²) in [6.07, 6.45) is -6.20. The summed E-state index contributed by atoms with van der Waals surface area (Å²) in [4.78, 5) is 42.6. The number of Topliss-reactive ketones (excluding diaryl/α,β-unsaturated/α-hetero) is 1. The van der Waals surface area contributed by atoms with Crippen molar-refractivity contribution in [1.82, 2.24) is 9.88 Å². The first-order valence-electron chi connectivity index (χ1n) is 10.7. The lowest BCUT2D eigenvalue weighted by Gasteiger charge is -2.40. The maximum atomic E-state index is 13.5. The first kappa shape index (κ1) is 25.8. The van der Waals surface area contributed by atoms with E-state index in [2.05, 4.69) is 4.98 Å². The molecule has 0 spiro atoms. The zero-order chi connectivity index (χ0) is 27.3. The van der Waals surface area contributed by atoms with Gasteiger partial charge in [-0.1, -0.05) is 13.0 Å². The Labute approximate surface area is 208 Å². The Morgan fingerprint density at radius 1 is 1.22 bits per heavy atom. The summed E-state index contributed by atoms with van der Waals surface area (Å²) < 4.78 is 65.7. The van der Waals surface area contributed by atoms with E-state index in [-0.39, 0.29) is 45.8 Å². The molecule has 1 N–H and O–H groups in total. The SMILES string of the molecule is CCS(=O)(=O)c1cc(C#N)ccc1C1C2=C(CCC2=O)N(c2ccnc(C(F)(F)F)c2)C(=O)N1C(=O)O. The summed E-state index contributed by atoms with van der Waals surface area (Å²) in [6, 6.07) is 3.83. The summed E-state index contributed by atoms with van der Waals surface area (Å²) in [5, 5.41) is 19.3. The number of anilines is 1. The standard InChI is InChI=1S/C23H17F3N4O6S/c1-2-37(35,36)17-9-12(11-27)3-4-14(17)20-19-15(5-6-16(19)31)29(21(32)30(20)22(33)34)13-7-8-28-18(10-13)23(24,25)26/h3-4,7-10,20H,2,5-6H2,1H3,(H,33,34). The van der Waals surface area contributed by atoms with Crippen LogP contribution >= 0.6 is 0 Å². The number of urea groups is 1. The van der Waals surface area contributed by atoms with Crippen LogP contribution in [0.4, 0.5) is 28.4 Å². The third-order valence-corrected chi connectivity index (χ3v) is 7.83. The lowest BCUT2D eigenvalue weighted by Crippen LogP contribution is -2.52. The van der Waals surface area contributed by atoms with E-state index in [1.54, 1.807) is 6.07 Å². The van der Waals surface area contributed by atoms with Gasteiger partial charge in [0.05, 0.1) is 28.0 Å². The van der Waals surface area contributed by atoms with Crippen LogP contribution in [0.5, 0.6) is 0 Å². The van der Waals surface area contributed by atoms with Crippen molar-refractivity contribution in [3.05, 3.63) is 64.6 Å². The van der Waals surface area contributed by atoms with Gasteiger partial charge >= 0.3 is 18.3 Å². The number of imide groups is 1. The van der Waals surface area contributed by atoms with Gasteiger partial charge in [0.2, 0.25) is 0 Å². The van der Waals surface area contributed by atoms with Crippen LogP contribution < -0.4 is 4.90 Å². The number of halogens is 3. The molecule has 0 fully saturated rings. The highest BCUT2D eigenvalue weighted by Crippen LogP contribution is 2.46. The number of rotatable bonds is 4. The first-order valence-corrected chi connectivity index (χ1v) is 12.4. The predicted molar refractivity (Wildman–Crippen MR) is 120 cm³/mol. The summed E-state index contributed by atoms with van der Waals surface area (Å²) in [7, 11) is -4.07. The van der Waals surface area contributed by atoms with Gasteiger partial charge in [0.15, 0.2) is 15.6 Å². The van der Waals surface area contributed by atoms with Crippen LogP contribution in [0.25, 0.3) is 0 Å². The largest absolute Gasteiger partial charge is 0.465 e. The number of allylic oxidation sites excluding steroid dienone is 1. The first-order chi connectivity index (χ1) is 17.3. The number of pyridine rings is 1. The van der Waals surface area contributed by atoms with Crippen LogP contribution in [-0.2, 0) is 20.8 Å². The van der Waals surface area contributed by atoms with E-state index in [0.29, 0.717) is 11.0 Å². The number of amides is 3. The number of benzene rings is 1. The number of sulfone groups is 1. The molecule has 2 aromatic rings. The summed E-state index contributed by atoms with van der Waals surface area (Å²) >= 11 is 0. The smallest absolute Gasteiger partial charge is 0.433 e. The van der Waals surface area contributed by atoms with Gasteiger partial charge in [-0.2, -0.15) is 18.4 Å². The van der Waals surface area contributed by atoms with Crippen molar-refractivity contribution in [1.29, 1.82) is 5.26 Å². The van der Waals surface area contributed by atoms with Gasteiger partial charge in [0.25, 0.3) is 0 Å². The molecule has 0 bridgehead atoms. The average Bonchev–Trinajstić information content (AvgIpc) is 3.23. The number of nitriles is 1. The van der Waals surface area contributed by atoms with E-state index in [4.69, 9.17) is 0 Å². The molecule has 1 aromatic heterocycles. The molecule has 10 nitrogen and oxygen atoms in total. The van der Waals surface area contributed by atoms with E-state index in [0.717, 1.165) is 24.4 Å². The lowest BCUT2D eigenvalue weighted by atomic mass is 9.92. The molecular weight excluding hydrogens is 517 g/mol. The number of aromatic nitrogens is 1. The zero-order valence-corrected chi connectivity index (χ0v) is 19.8. The van der Waals surface area contributed by atoms with Crippen LogP contribution in [0.1, 0.15) is 42.6 Å². The van der Waals surface area contributed by atoms with Gasteiger partial charge in [0, 0.05) is 23.9 Å². The number of alkyl halides is 3. The fourth-order valence-electron chi connectivity index (χ4n) is 4.39. The Hall–Kier alpha value is -4.25. The fraction of sp³-hybridized carbons (Fsp3) is 0.261. The van der Waals surface area contributed by atoms with Crippen LogP contribution in [0.3, 0.4) is 0 Å². The number of carboxylic acid groups (broad SMARTS) is 1. The minimum atomic E-state index is -4.86. The highest BCUT2D eigenvalue weighted by Gasteiger charge is 2.50. The lowest BCUT2D eigenvalue weighted by molar-refractivity contribution is -0.141. The summed E-state index contributed by atoms with van der Waals surface area (Å²) in [5.74, 6) is -1.02. The van der Waals surface area contributed by atoms with Crippen LogP contribution in [-0.4, -0.2) is 47.1 Å². The molecule has 1 aromatic carbocycles. The molecule has 1 aliphatic carbocycles. The second-order valence-corrected chi connectivity index (χ2v) is 10.4. The molecule has 0 saturated heterocycles. The Kier molecular flexibility index (Phi) is 6.28. The molecule has 192 valence electrons. The minimum Gasteiger partial charge on any atom is -0.465 e. The number of carbonyl (C=O) groups is 3. The second-order valence-electron chi connectivity index (χ2n) is 8.12. The quantitative estimate of drug-likeness (QED) is 0.618. The highest BCUT2D eigenvalue weighted by atomic mass is 32.2. The van der Waals surface area contributed by atoms with Gasteiger partial charge in [-0.05, 0) is 36.2 Å². The van der Waals surface area contributed by atoms with E-state index < -0.39 is 56.3 Å². The molecule has 0 saturated carbocycles. The van der Waals surface area contributed by atoms with E-state index >= 15 is 0 Å². The fourth-order valence-corrected chi connectivity index (χ4v) is 5.55. The monoisotopic (exact) mass is 534 g/mol. The molecule has 1 aliphatic heterocycles. The molecule has 3 amide bonds. The molecule has 37 heavy (non-hydrogen) atoms. The number of hydrogen-bond acceptors (Lipinski definition) is 7. The molecule has 1 unspecified atom stereocenters. The Morgan fingerprint density at radius 2 is 1.92 bits per heavy atom. The van der Waals surface area contributed by atoms with Gasteiger partial charge in [-0.15, -0.1) is 0 Å². The maximum absolute atomic E-state index is 13.5. The van der Waals surface area contributed by atoms with Crippen molar-refractivity contribution < 1.29 is 41.1 Å². The van der Waals surface area contributed by atoms with Crippen molar-refractivity contribution in [3.8, 4) is 6.07 Å². The van der Waals surface area contributed by atoms with Crippen molar-refractivity contribution >= 4 is 33.4 Å². The van der Waals surface area contributed by atoms with Crippen LogP contribution in [0.2, 0.25) is 0 Å². The molecule has 0 radical (unpaired) electrons. The predicted octanol–water partition coefficient (Wildman–Crippen LogP) is 4.04.